The molecule has 0 spiro atoms. The predicted molar refractivity (Wildman–Crippen MR) is 63.1 cm³/mol. The Morgan fingerprint density at radius 2 is 2.24 bits per heavy atom. The zero-order chi connectivity index (χ0) is 12.7. The van der Waals surface area contributed by atoms with Crippen molar-refractivity contribution in [3.8, 4) is 17.6 Å². The number of benzene rings is 1. The molecule has 0 fully saturated rings. The molecule has 0 radical (unpaired) electrons. The van der Waals surface area contributed by atoms with Crippen molar-refractivity contribution in [2.45, 2.75) is 13.8 Å². The highest BCUT2D eigenvalue weighted by molar-refractivity contribution is 5.73. The summed E-state index contributed by atoms with van der Waals surface area (Å²) >= 11 is 0. The molecule has 0 bridgehead atoms. The average molecular weight is 235 g/mol. The summed E-state index contributed by atoms with van der Waals surface area (Å²) in [6.45, 7) is 3.96. The van der Waals surface area contributed by atoms with Crippen LogP contribution >= 0.6 is 0 Å². The first-order valence-corrected chi connectivity index (χ1v) is 5.28. The lowest BCUT2D eigenvalue weighted by Gasteiger charge is -2.03. The molecule has 4 heteroatoms. The zero-order valence-corrected chi connectivity index (χ0v) is 9.84. The molecule has 0 unspecified atom stereocenters. The normalized spacial score (nSPS) is 9.12. The van der Waals surface area contributed by atoms with Crippen molar-refractivity contribution in [1.82, 2.24) is 5.32 Å². The summed E-state index contributed by atoms with van der Waals surface area (Å²) in [5.41, 5.74) is 0.527. The van der Waals surface area contributed by atoms with E-state index in [4.69, 9.17) is 4.74 Å². The first kappa shape index (κ1) is 13.0. The van der Waals surface area contributed by atoms with Crippen LogP contribution in [-0.4, -0.2) is 19.1 Å². The summed E-state index contributed by atoms with van der Waals surface area (Å²) in [6.07, 6.45) is 0. The first-order chi connectivity index (χ1) is 8.11. The van der Waals surface area contributed by atoms with E-state index < -0.39 is 0 Å². The van der Waals surface area contributed by atoms with Crippen LogP contribution in [-0.2, 0) is 4.79 Å². The molecule has 1 amide bonds. The van der Waals surface area contributed by atoms with Gasteiger partial charge in [-0.1, -0.05) is 11.8 Å². The molecule has 0 atom stereocenters. The third-order valence-electron chi connectivity index (χ3n) is 1.84. The number of halogens is 1. The summed E-state index contributed by atoms with van der Waals surface area (Å²) in [5, 5.41) is 2.53. The van der Waals surface area contributed by atoms with E-state index in [0.717, 1.165) is 0 Å². The van der Waals surface area contributed by atoms with Gasteiger partial charge in [-0.3, -0.25) is 4.79 Å². The molecular weight excluding hydrogens is 221 g/mol. The summed E-state index contributed by atoms with van der Waals surface area (Å²) in [4.78, 5) is 10.6. The van der Waals surface area contributed by atoms with Gasteiger partial charge in [-0.2, -0.15) is 0 Å². The number of carbonyl (C=O) groups excluding carboxylic acids is 1. The molecule has 17 heavy (non-hydrogen) atoms. The zero-order valence-electron chi connectivity index (χ0n) is 9.84. The molecule has 0 aliphatic carbocycles. The van der Waals surface area contributed by atoms with Gasteiger partial charge in [0.15, 0.2) is 0 Å². The van der Waals surface area contributed by atoms with Gasteiger partial charge >= 0.3 is 0 Å². The molecule has 1 aromatic rings. The summed E-state index contributed by atoms with van der Waals surface area (Å²) in [7, 11) is 0. The van der Waals surface area contributed by atoms with E-state index in [1.165, 1.54) is 19.1 Å². The highest BCUT2D eigenvalue weighted by Crippen LogP contribution is 2.15. The van der Waals surface area contributed by atoms with Crippen molar-refractivity contribution in [2.24, 2.45) is 0 Å². The van der Waals surface area contributed by atoms with Gasteiger partial charge in [-0.05, 0) is 19.1 Å². The third-order valence-corrected chi connectivity index (χ3v) is 1.84. The van der Waals surface area contributed by atoms with Crippen molar-refractivity contribution in [3.63, 3.8) is 0 Å². The van der Waals surface area contributed by atoms with Crippen LogP contribution in [0.25, 0.3) is 0 Å². The fourth-order valence-corrected chi connectivity index (χ4v) is 1.20. The molecular formula is C13H14FNO2. The molecule has 0 aromatic heterocycles. The minimum absolute atomic E-state index is 0.145. The highest BCUT2D eigenvalue weighted by Gasteiger charge is 1.99. The van der Waals surface area contributed by atoms with Crippen molar-refractivity contribution >= 4 is 5.91 Å². The third kappa shape index (κ3) is 5.03. The van der Waals surface area contributed by atoms with Gasteiger partial charge in [-0.25, -0.2) is 4.39 Å². The van der Waals surface area contributed by atoms with Gasteiger partial charge in [0.1, 0.15) is 11.6 Å². The second-order valence-corrected chi connectivity index (χ2v) is 3.32. The van der Waals surface area contributed by atoms with Crippen molar-refractivity contribution in [3.05, 3.63) is 29.6 Å². The predicted octanol–water partition coefficient (Wildman–Crippen LogP) is 1.71. The number of nitrogens with one attached hydrogen (secondary N) is 1. The molecule has 0 aliphatic rings. The second kappa shape index (κ2) is 6.54. The Morgan fingerprint density at radius 3 is 2.88 bits per heavy atom. The number of rotatable bonds is 3. The molecule has 0 aliphatic heterocycles. The smallest absolute Gasteiger partial charge is 0.217 e. The maximum absolute atomic E-state index is 13.2. The quantitative estimate of drug-likeness (QED) is 0.810. The molecule has 3 nitrogen and oxygen atoms in total. The SMILES string of the molecule is CCOc1cc(F)cc(C#CCNC(C)=O)c1. The average Bonchev–Trinajstić information content (AvgIpc) is 2.24. The van der Waals surface area contributed by atoms with Gasteiger partial charge in [0.2, 0.25) is 5.91 Å². The summed E-state index contributed by atoms with van der Waals surface area (Å²) < 4.78 is 18.4. The van der Waals surface area contributed by atoms with Crippen LogP contribution < -0.4 is 10.1 Å². The lowest BCUT2D eigenvalue weighted by molar-refractivity contribution is -0.118. The van der Waals surface area contributed by atoms with Crippen molar-refractivity contribution in [2.75, 3.05) is 13.2 Å². The maximum atomic E-state index is 13.2. The van der Waals surface area contributed by atoms with E-state index >= 15 is 0 Å². The second-order valence-electron chi connectivity index (χ2n) is 3.32. The maximum Gasteiger partial charge on any atom is 0.217 e. The Balaban J connectivity index is 2.72. The van der Waals surface area contributed by atoms with Gasteiger partial charge < -0.3 is 10.1 Å². The van der Waals surface area contributed by atoms with E-state index in [9.17, 15) is 9.18 Å². The molecule has 0 saturated carbocycles. The van der Waals surface area contributed by atoms with Gasteiger partial charge in [0, 0.05) is 18.6 Å². The Labute approximate surface area is 100.0 Å². The Hall–Kier alpha value is -2.02. The molecule has 0 saturated heterocycles. The Kier molecular flexibility index (Phi) is 5.02. The molecule has 1 rings (SSSR count). The van der Waals surface area contributed by atoms with E-state index in [-0.39, 0.29) is 18.3 Å². The lowest BCUT2D eigenvalue weighted by Crippen LogP contribution is -2.19. The monoisotopic (exact) mass is 235 g/mol. The minimum atomic E-state index is -0.389. The first-order valence-electron chi connectivity index (χ1n) is 5.28. The Bertz CT molecular complexity index is 460. The summed E-state index contributed by atoms with van der Waals surface area (Å²) in [5.74, 6) is 5.40. The van der Waals surface area contributed by atoms with E-state index in [1.54, 1.807) is 6.07 Å². The Morgan fingerprint density at radius 1 is 1.47 bits per heavy atom. The lowest BCUT2D eigenvalue weighted by atomic mass is 10.2. The van der Waals surface area contributed by atoms with E-state index in [0.29, 0.717) is 17.9 Å². The van der Waals surface area contributed by atoms with Crippen LogP contribution in [0.15, 0.2) is 18.2 Å². The molecule has 90 valence electrons. The van der Waals surface area contributed by atoms with Gasteiger partial charge in [0.25, 0.3) is 0 Å². The number of carbonyl (C=O) groups is 1. The van der Waals surface area contributed by atoms with Crippen LogP contribution in [0.1, 0.15) is 19.4 Å². The topological polar surface area (TPSA) is 38.3 Å². The number of ether oxygens (including phenoxy) is 1. The van der Waals surface area contributed by atoms with Crippen LogP contribution in [0, 0.1) is 17.7 Å². The van der Waals surface area contributed by atoms with Gasteiger partial charge in [-0.15, -0.1) is 0 Å². The van der Waals surface area contributed by atoms with E-state index in [2.05, 4.69) is 17.2 Å². The van der Waals surface area contributed by atoms with Crippen LogP contribution in [0.5, 0.6) is 5.75 Å². The summed E-state index contributed by atoms with van der Waals surface area (Å²) in [6, 6.07) is 4.29. The van der Waals surface area contributed by atoms with Crippen molar-refractivity contribution < 1.29 is 13.9 Å². The highest BCUT2D eigenvalue weighted by atomic mass is 19.1. The van der Waals surface area contributed by atoms with Crippen LogP contribution in [0.3, 0.4) is 0 Å². The van der Waals surface area contributed by atoms with Crippen LogP contribution in [0.2, 0.25) is 0 Å². The molecule has 0 heterocycles. The number of amides is 1. The fraction of sp³-hybridized carbons (Fsp3) is 0.308. The molecule has 1 aromatic carbocycles. The largest absolute Gasteiger partial charge is 0.494 e. The molecule has 1 N–H and O–H groups in total. The number of hydrogen-bond acceptors (Lipinski definition) is 2. The standard InChI is InChI=1S/C13H14FNO2/c1-3-17-13-8-11(7-12(14)9-13)5-4-6-15-10(2)16/h7-9H,3,6H2,1-2H3,(H,15,16). The fourth-order valence-electron chi connectivity index (χ4n) is 1.20. The van der Waals surface area contributed by atoms with Gasteiger partial charge in [0.05, 0.1) is 13.2 Å². The number of hydrogen-bond donors (Lipinski definition) is 1. The van der Waals surface area contributed by atoms with E-state index in [1.807, 2.05) is 6.92 Å². The minimum Gasteiger partial charge on any atom is -0.494 e. The van der Waals surface area contributed by atoms with Crippen molar-refractivity contribution in [1.29, 1.82) is 0 Å². The van der Waals surface area contributed by atoms with Crippen LogP contribution in [0.4, 0.5) is 4.39 Å².